The highest BCUT2D eigenvalue weighted by Gasteiger charge is 2.14. The predicted molar refractivity (Wildman–Crippen MR) is 61.1 cm³/mol. The molecule has 4 heteroatoms. The van der Waals surface area contributed by atoms with Gasteiger partial charge < -0.3 is 4.74 Å². The third-order valence-corrected chi connectivity index (χ3v) is 1.66. The maximum Gasteiger partial charge on any atom is 0.280 e. The summed E-state index contributed by atoms with van der Waals surface area (Å²) >= 11 is 0. The quantitative estimate of drug-likeness (QED) is 0.567. The number of ether oxygens (including phenoxy) is 1. The number of nitro benzene ring substituents is 1. The van der Waals surface area contributed by atoms with Gasteiger partial charge in [0.2, 0.25) is 0 Å². The fourth-order valence-corrected chi connectivity index (χ4v) is 1.07. The van der Waals surface area contributed by atoms with Crippen molar-refractivity contribution >= 4 is 11.8 Å². The molecule has 0 aliphatic carbocycles. The molecule has 1 aromatic carbocycles. The van der Waals surface area contributed by atoms with Crippen LogP contribution >= 0.6 is 0 Å². The Labute approximate surface area is 89.3 Å². The second kappa shape index (κ2) is 6.59. The molecule has 4 nitrogen and oxygen atoms in total. The average Bonchev–Trinajstić information content (AvgIpc) is 2.30. The summed E-state index contributed by atoms with van der Waals surface area (Å²) in [6, 6.07) is 4.65. The van der Waals surface area contributed by atoms with Gasteiger partial charge in [0, 0.05) is 6.07 Å². The van der Waals surface area contributed by atoms with Crippen molar-refractivity contribution in [1.29, 1.82) is 0 Å². The van der Waals surface area contributed by atoms with Crippen molar-refractivity contribution in [3.05, 3.63) is 40.5 Å². The van der Waals surface area contributed by atoms with Gasteiger partial charge in [-0.05, 0) is 6.07 Å². The van der Waals surface area contributed by atoms with Gasteiger partial charge in [-0.2, -0.15) is 0 Å². The number of rotatable bonds is 3. The highest BCUT2D eigenvalue weighted by Crippen LogP contribution is 2.28. The molecule has 0 fully saturated rings. The summed E-state index contributed by atoms with van der Waals surface area (Å²) in [7, 11) is 1.46. The van der Waals surface area contributed by atoms with Gasteiger partial charge >= 0.3 is 0 Å². The molecule has 0 radical (unpaired) electrons. The summed E-state index contributed by atoms with van der Waals surface area (Å²) in [5.41, 5.74) is 0.421. The van der Waals surface area contributed by atoms with Crippen LogP contribution in [0.4, 0.5) is 5.69 Å². The Balaban J connectivity index is 0.000000921. The molecule has 82 valence electrons. The molecule has 1 aromatic rings. The van der Waals surface area contributed by atoms with Crippen LogP contribution in [0.15, 0.2) is 24.8 Å². The van der Waals surface area contributed by atoms with Crippen LogP contribution in [0, 0.1) is 10.1 Å². The molecular weight excluding hydrogens is 194 g/mol. The first kappa shape index (κ1) is 13.2. The SMILES string of the molecule is C=Cc1c(OC)cccc1[N+](=O)[O-].CC. The van der Waals surface area contributed by atoms with Crippen LogP contribution in [0.25, 0.3) is 6.08 Å². The Hall–Kier alpha value is -1.84. The maximum atomic E-state index is 10.6. The first-order chi connectivity index (χ1) is 7.20. The highest BCUT2D eigenvalue weighted by molar-refractivity contribution is 5.66. The minimum Gasteiger partial charge on any atom is -0.496 e. The Morgan fingerprint density at radius 2 is 2.07 bits per heavy atom. The molecule has 0 unspecified atom stereocenters. The van der Waals surface area contributed by atoms with E-state index < -0.39 is 4.92 Å². The fraction of sp³-hybridized carbons (Fsp3) is 0.273. The van der Waals surface area contributed by atoms with Crippen molar-refractivity contribution in [3.8, 4) is 5.75 Å². The zero-order chi connectivity index (χ0) is 11.8. The summed E-state index contributed by atoms with van der Waals surface area (Å²) in [5.74, 6) is 0.462. The second-order valence-electron chi connectivity index (χ2n) is 2.35. The summed E-state index contributed by atoms with van der Waals surface area (Å²) < 4.78 is 4.95. The Morgan fingerprint density at radius 3 is 2.47 bits per heavy atom. The smallest absolute Gasteiger partial charge is 0.280 e. The lowest BCUT2D eigenvalue weighted by atomic mass is 10.1. The number of nitrogens with zero attached hydrogens (tertiary/aromatic N) is 1. The molecule has 15 heavy (non-hydrogen) atoms. The minimum atomic E-state index is -0.459. The van der Waals surface area contributed by atoms with Crippen molar-refractivity contribution < 1.29 is 9.66 Å². The summed E-state index contributed by atoms with van der Waals surface area (Å²) in [4.78, 5) is 10.1. The highest BCUT2D eigenvalue weighted by atomic mass is 16.6. The number of hydrogen-bond donors (Lipinski definition) is 0. The Morgan fingerprint density at radius 1 is 1.47 bits per heavy atom. The summed E-state index contributed by atoms with van der Waals surface area (Å²) in [6.45, 7) is 7.50. The van der Waals surface area contributed by atoms with E-state index in [9.17, 15) is 10.1 Å². The van der Waals surface area contributed by atoms with Crippen molar-refractivity contribution in [2.45, 2.75) is 13.8 Å². The van der Waals surface area contributed by atoms with E-state index >= 15 is 0 Å². The first-order valence-corrected chi connectivity index (χ1v) is 4.64. The lowest BCUT2D eigenvalue weighted by molar-refractivity contribution is -0.385. The first-order valence-electron chi connectivity index (χ1n) is 4.64. The van der Waals surface area contributed by atoms with Crippen LogP contribution in [0.2, 0.25) is 0 Å². The van der Waals surface area contributed by atoms with Gasteiger partial charge in [-0.3, -0.25) is 10.1 Å². The number of nitro groups is 1. The van der Waals surface area contributed by atoms with Gasteiger partial charge in [0.1, 0.15) is 5.75 Å². The zero-order valence-electron chi connectivity index (χ0n) is 9.19. The second-order valence-corrected chi connectivity index (χ2v) is 2.35. The van der Waals surface area contributed by atoms with Crippen molar-refractivity contribution in [1.82, 2.24) is 0 Å². The lowest BCUT2D eigenvalue weighted by Gasteiger charge is -2.03. The average molecular weight is 209 g/mol. The number of methoxy groups -OCH3 is 1. The van der Waals surface area contributed by atoms with E-state index in [1.807, 2.05) is 13.8 Å². The summed E-state index contributed by atoms with van der Waals surface area (Å²) in [6.07, 6.45) is 1.41. The van der Waals surface area contributed by atoms with Gasteiger partial charge in [-0.1, -0.05) is 32.6 Å². The molecule has 0 amide bonds. The van der Waals surface area contributed by atoms with Crippen LogP contribution in [0.3, 0.4) is 0 Å². The largest absolute Gasteiger partial charge is 0.496 e. The van der Waals surface area contributed by atoms with Crippen molar-refractivity contribution in [2.75, 3.05) is 7.11 Å². The molecule has 0 aromatic heterocycles. The van der Waals surface area contributed by atoms with E-state index in [0.717, 1.165) is 0 Å². The third kappa shape index (κ3) is 3.09. The van der Waals surface area contributed by atoms with E-state index in [4.69, 9.17) is 4.74 Å². The molecule has 0 aliphatic rings. The third-order valence-electron chi connectivity index (χ3n) is 1.66. The fourth-order valence-electron chi connectivity index (χ4n) is 1.07. The summed E-state index contributed by atoms with van der Waals surface area (Å²) in [5, 5.41) is 10.6. The van der Waals surface area contributed by atoms with Crippen LogP contribution in [0.1, 0.15) is 19.4 Å². The van der Waals surface area contributed by atoms with Crippen LogP contribution in [0.5, 0.6) is 5.75 Å². The number of benzene rings is 1. The van der Waals surface area contributed by atoms with Crippen molar-refractivity contribution in [3.63, 3.8) is 0 Å². The molecule has 0 heterocycles. The molecular formula is C11H15NO3. The van der Waals surface area contributed by atoms with Gasteiger partial charge in [0.05, 0.1) is 17.6 Å². The van der Waals surface area contributed by atoms with Gasteiger partial charge in [0.25, 0.3) is 5.69 Å². The lowest BCUT2D eigenvalue weighted by Crippen LogP contribution is -1.94. The normalized spacial score (nSPS) is 8.47. The van der Waals surface area contributed by atoms with E-state index in [1.54, 1.807) is 12.1 Å². The number of hydrogen-bond acceptors (Lipinski definition) is 3. The van der Waals surface area contributed by atoms with Gasteiger partial charge in [0.15, 0.2) is 0 Å². The van der Waals surface area contributed by atoms with Gasteiger partial charge in [-0.15, -0.1) is 0 Å². The standard InChI is InChI=1S/C9H9NO3.C2H6/c1-3-7-8(10(11)12)5-4-6-9(7)13-2;1-2/h3-6H,1H2,2H3;1-2H3. The molecule has 0 bridgehead atoms. The van der Waals surface area contributed by atoms with Crippen LogP contribution in [-0.2, 0) is 0 Å². The Kier molecular flexibility index (Phi) is 5.78. The molecule has 1 rings (SSSR count). The molecule has 0 saturated carbocycles. The minimum absolute atomic E-state index is 0.00866. The molecule has 0 N–H and O–H groups in total. The zero-order valence-corrected chi connectivity index (χ0v) is 9.19. The molecule has 0 saturated heterocycles. The van der Waals surface area contributed by atoms with E-state index in [2.05, 4.69) is 6.58 Å². The topological polar surface area (TPSA) is 52.4 Å². The van der Waals surface area contributed by atoms with E-state index in [0.29, 0.717) is 11.3 Å². The van der Waals surface area contributed by atoms with E-state index in [1.165, 1.54) is 19.3 Å². The van der Waals surface area contributed by atoms with Crippen LogP contribution < -0.4 is 4.74 Å². The monoisotopic (exact) mass is 209 g/mol. The predicted octanol–water partition coefficient (Wildman–Crippen LogP) is 3.27. The Bertz CT molecular complexity index is 348. The maximum absolute atomic E-state index is 10.6. The van der Waals surface area contributed by atoms with Crippen molar-refractivity contribution in [2.24, 2.45) is 0 Å². The molecule has 0 spiro atoms. The molecule has 0 aliphatic heterocycles. The molecule has 0 atom stereocenters. The van der Waals surface area contributed by atoms with Crippen LogP contribution in [-0.4, -0.2) is 12.0 Å². The van der Waals surface area contributed by atoms with Gasteiger partial charge in [-0.25, -0.2) is 0 Å². The van der Waals surface area contributed by atoms with E-state index in [-0.39, 0.29) is 5.69 Å².